The molecule has 2 N–H and O–H groups in total. The second kappa shape index (κ2) is 8.02. The summed E-state index contributed by atoms with van der Waals surface area (Å²) >= 11 is 0. The zero-order valence-corrected chi connectivity index (χ0v) is 16.9. The van der Waals surface area contributed by atoms with E-state index >= 15 is 0 Å². The number of benzene rings is 3. The number of carboxylic acid groups (broad SMARTS) is 1. The lowest BCUT2D eigenvalue weighted by Gasteiger charge is -2.16. The van der Waals surface area contributed by atoms with Crippen molar-refractivity contribution in [3.8, 4) is 16.8 Å². The van der Waals surface area contributed by atoms with Crippen molar-refractivity contribution in [1.82, 2.24) is 9.78 Å². The van der Waals surface area contributed by atoms with Gasteiger partial charge in [-0.05, 0) is 55.3 Å². The van der Waals surface area contributed by atoms with Crippen LogP contribution in [0.4, 0.5) is 20.3 Å². The van der Waals surface area contributed by atoms with Crippen molar-refractivity contribution >= 4 is 17.5 Å². The zero-order valence-electron chi connectivity index (χ0n) is 16.9. The van der Waals surface area contributed by atoms with Crippen LogP contribution in [0, 0.1) is 25.5 Å². The van der Waals surface area contributed by atoms with Gasteiger partial charge in [-0.2, -0.15) is 5.10 Å². The first-order chi connectivity index (χ1) is 14.9. The number of nitrogens with one attached hydrogen (secondary N) is 1. The lowest BCUT2D eigenvalue weighted by atomic mass is 10.0. The lowest BCUT2D eigenvalue weighted by molar-refractivity contribution is 0.0693. The standard InChI is InChI=1S/C24H19F2N3O2/c1-14-6-3-4-9-20(14)29-23(27-19-8-5-7-18(26)22(19)24(30)31)21(15(2)28-29)16-10-12-17(25)13-11-16/h3-13,27H,1-2H3,(H,30,31). The summed E-state index contributed by atoms with van der Waals surface area (Å²) in [5.74, 6) is -2.16. The summed E-state index contributed by atoms with van der Waals surface area (Å²) in [7, 11) is 0. The summed E-state index contributed by atoms with van der Waals surface area (Å²) in [4.78, 5) is 11.7. The van der Waals surface area contributed by atoms with Crippen molar-refractivity contribution in [1.29, 1.82) is 0 Å². The third-order valence-electron chi connectivity index (χ3n) is 5.02. The minimum atomic E-state index is -1.39. The molecule has 31 heavy (non-hydrogen) atoms. The Kier molecular flexibility index (Phi) is 5.25. The van der Waals surface area contributed by atoms with E-state index in [0.717, 1.165) is 17.3 Å². The third-order valence-corrected chi connectivity index (χ3v) is 5.02. The molecule has 0 radical (unpaired) electrons. The summed E-state index contributed by atoms with van der Waals surface area (Å²) in [5.41, 5.74) is 3.32. The number of aromatic nitrogens is 2. The van der Waals surface area contributed by atoms with E-state index in [0.29, 0.717) is 22.6 Å². The summed E-state index contributed by atoms with van der Waals surface area (Å²) in [5, 5.41) is 17.3. The molecule has 0 saturated heterocycles. The zero-order chi connectivity index (χ0) is 22.1. The van der Waals surface area contributed by atoms with Gasteiger partial charge >= 0.3 is 5.97 Å². The number of nitrogens with zero attached hydrogens (tertiary/aromatic N) is 2. The highest BCUT2D eigenvalue weighted by Crippen LogP contribution is 2.37. The largest absolute Gasteiger partial charge is 0.478 e. The van der Waals surface area contributed by atoms with Gasteiger partial charge in [-0.25, -0.2) is 18.3 Å². The molecule has 0 spiro atoms. The van der Waals surface area contributed by atoms with E-state index in [1.54, 1.807) is 16.8 Å². The normalized spacial score (nSPS) is 10.8. The van der Waals surface area contributed by atoms with Gasteiger partial charge in [0.2, 0.25) is 0 Å². The van der Waals surface area contributed by atoms with E-state index in [4.69, 9.17) is 0 Å². The summed E-state index contributed by atoms with van der Waals surface area (Å²) in [6.45, 7) is 3.74. The molecule has 0 saturated carbocycles. The smallest absolute Gasteiger partial charge is 0.340 e. The second-order valence-electron chi connectivity index (χ2n) is 7.11. The average Bonchev–Trinajstić information content (AvgIpc) is 3.04. The predicted octanol–water partition coefficient (Wildman–Crippen LogP) is 5.88. The monoisotopic (exact) mass is 419 g/mol. The van der Waals surface area contributed by atoms with E-state index in [-0.39, 0.29) is 11.5 Å². The molecule has 0 aliphatic rings. The minimum Gasteiger partial charge on any atom is -0.478 e. The summed E-state index contributed by atoms with van der Waals surface area (Å²) in [6, 6.07) is 17.5. The second-order valence-corrected chi connectivity index (χ2v) is 7.11. The molecule has 7 heteroatoms. The topological polar surface area (TPSA) is 67.2 Å². The van der Waals surface area contributed by atoms with Crippen molar-refractivity contribution < 1.29 is 18.7 Å². The van der Waals surface area contributed by atoms with Crippen LogP contribution in [0.5, 0.6) is 0 Å². The Morgan fingerprint density at radius 2 is 1.68 bits per heavy atom. The van der Waals surface area contributed by atoms with Crippen LogP contribution in [-0.2, 0) is 0 Å². The Morgan fingerprint density at radius 3 is 2.35 bits per heavy atom. The molecule has 0 bridgehead atoms. The van der Waals surface area contributed by atoms with E-state index in [1.807, 2.05) is 38.1 Å². The molecule has 0 aliphatic carbocycles. The van der Waals surface area contributed by atoms with Crippen LogP contribution < -0.4 is 5.32 Å². The molecule has 4 aromatic rings. The van der Waals surface area contributed by atoms with Crippen molar-refractivity contribution in [2.24, 2.45) is 0 Å². The molecule has 5 nitrogen and oxygen atoms in total. The highest BCUT2D eigenvalue weighted by atomic mass is 19.1. The van der Waals surface area contributed by atoms with E-state index in [2.05, 4.69) is 10.4 Å². The quantitative estimate of drug-likeness (QED) is 0.424. The van der Waals surface area contributed by atoms with Gasteiger partial charge in [-0.15, -0.1) is 0 Å². The average molecular weight is 419 g/mol. The molecule has 156 valence electrons. The number of carbonyl (C=O) groups is 1. The Bertz CT molecular complexity index is 1280. The van der Waals surface area contributed by atoms with E-state index in [1.165, 1.54) is 24.3 Å². The van der Waals surface area contributed by atoms with Crippen molar-refractivity contribution in [2.75, 3.05) is 5.32 Å². The van der Waals surface area contributed by atoms with Crippen LogP contribution in [0.25, 0.3) is 16.8 Å². The van der Waals surface area contributed by atoms with Crippen LogP contribution in [0.1, 0.15) is 21.6 Å². The maximum Gasteiger partial charge on any atom is 0.340 e. The number of aromatic carboxylic acids is 1. The van der Waals surface area contributed by atoms with Gasteiger partial charge in [0.25, 0.3) is 0 Å². The van der Waals surface area contributed by atoms with Gasteiger partial charge in [0.05, 0.1) is 17.1 Å². The first-order valence-electron chi connectivity index (χ1n) is 9.57. The SMILES string of the molecule is Cc1ccccc1-n1nc(C)c(-c2ccc(F)cc2)c1Nc1cccc(F)c1C(=O)O. The molecule has 0 unspecified atom stereocenters. The van der Waals surface area contributed by atoms with Gasteiger partial charge in [-0.3, -0.25) is 0 Å². The predicted molar refractivity (Wildman–Crippen MR) is 115 cm³/mol. The van der Waals surface area contributed by atoms with E-state index in [9.17, 15) is 18.7 Å². The third kappa shape index (κ3) is 3.77. The molecule has 4 rings (SSSR count). The van der Waals surface area contributed by atoms with E-state index < -0.39 is 17.3 Å². The fraction of sp³-hybridized carbons (Fsp3) is 0.0833. The Morgan fingerprint density at radius 1 is 0.968 bits per heavy atom. The molecule has 0 fully saturated rings. The van der Waals surface area contributed by atoms with Crippen LogP contribution in [0.2, 0.25) is 0 Å². The van der Waals surface area contributed by atoms with Crippen LogP contribution in [-0.4, -0.2) is 20.9 Å². The number of rotatable bonds is 5. The Hall–Kier alpha value is -4.00. The number of anilines is 2. The Labute approximate surface area is 177 Å². The fourth-order valence-corrected chi connectivity index (χ4v) is 3.55. The number of carboxylic acids is 1. The summed E-state index contributed by atoms with van der Waals surface area (Å²) < 4.78 is 29.4. The summed E-state index contributed by atoms with van der Waals surface area (Å²) in [6.07, 6.45) is 0. The highest BCUT2D eigenvalue weighted by molar-refractivity contribution is 5.96. The van der Waals surface area contributed by atoms with Gasteiger partial charge in [0.15, 0.2) is 0 Å². The molecule has 0 amide bonds. The number of hydrogen-bond donors (Lipinski definition) is 2. The maximum atomic E-state index is 14.3. The van der Waals surface area contributed by atoms with Crippen molar-refractivity contribution in [3.05, 3.63) is 95.2 Å². The van der Waals surface area contributed by atoms with Crippen molar-refractivity contribution in [3.63, 3.8) is 0 Å². The van der Waals surface area contributed by atoms with Crippen molar-refractivity contribution in [2.45, 2.75) is 13.8 Å². The van der Waals surface area contributed by atoms with Crippen LogP contribution in [0.3, 0.4) is 0 Å². The first-order valence-corrected chi connectivity index (χ1v) is 9.57. The van der Waals surface area contributed by atoms with Gasteiger partial charge in [0, 0.05) is 5.56 Å². The fourth-order valence-electron chi connectivity index (χ4n) is 3.55. The number of aryl methyl sites for hydroxylation is 2. The molecule has 1 heterocycles. The molecular weight excluding hydrogens is 400 g/mol. The molecule has 1 aromatic heterocycles. The molecule has 0 atom stereocenters. The molecule has 0 aliphatic heterocycles. The number of hydrogen-bond acceptors (Lipinski definition) is 3. The highest BCUT2D eigenvalue weighted by Gasteiger charge is 2.22. The van der Waals surface area contributed by atoms with Gasteiger partial charge in [0.1, 0.15) is 23.0 Å². The first kappa shape index (κ1) is 20.3. The maximum absolute atomic E-state index is 14.3. The minimum absolute atomic E-state index is 0.0885. The number of para-hydroxylation sites is 1. The molecular formula is C24H19F2N3O2. The number of halogens is 2. The van der Waals surface area contributed by atoms with Crippen LogP contribution in [0.15, 0.2) is 66.7 Å². The lowest BCUT2D eigenvalue weighted by Crippen LogP contribution is -2.09. The van der Waals surface area contributed by atoms with Crippen LogP contribution >= 0.6 is 0 Å². The Balaban J connectivity index is 1.97. The van der Waals surface area contributed by atoms with Gasteiger partial charge < -0.3 is 10.4 Å². The van der Waals surface area contributed by atoms with Gasteiger partial charge in [-0.1, -0.05) is 36.4 Å². The molecule has 3 aromatic carbocycles.